The minimum absolute atomic E-state index is 0.0634. The maximum atomic E-state index is 12.3. The minimum Gasteiger partial charge on any atom is -0.348 e. The summed E-state index contributed by atoms with van der Waals surface area (Å²) in [5, 5.41) is 11.4. The lowest BCUT2D eigenvalue weighted by Gasteiger charge is -2.32. The van der Waals surface area contributed by atoms with Gasteiger partial charge in [-0.1, -0.05) is 18.2 Å². The van der Waals surface area contributed by atoms with Gasteiger partial charge < -0.3 is 15.5 Å². The summed E-state index contributed by atoms with van der Waals surface area (Å²) in [5.41, 5.74) is 0.275. The molecule has 0 saturated carbocycles. The number of carbonyl (C=O) groups is 3. The molecule has 2 heterocycles. The first-order chi connectivity index (χ1) is 13.5. The fourth-order valence-electron chi connectivity index (χ4n) is 2.96. The Kier molecular flexibility index (Phi) is 6.15. The Morgan fingerprint density at radius 2 is 1.75 bits per heavy atom. The van der Waals surface area contributed by atoms with Gasteiger partial charge >= 0.3 is 0 Å². The largest absolute Gasteiger partial charge is 0.348 e. The van der Waals surface area contributed by atoms with Crippen LogP contribution in [0.2, 0.25) is 0 Å². The second-order valence-corrected chi connectivity index (χ2v) is 6.48. The number of amides is 3. The number of nitrogens with zero attached hydrogens (tertiary/aromatic N) is 2. The van der Waals surface area contributed by atoms with Gasteiger partial charge in [-0.05, 0) is 31.0 Å². The van der Waals surface area contributed by atoms with Crippen LogP contribution < -0.4 is 16.2 Å². The van der Waals surface area contributed by atoms with Gasteiger partial charge in [0.1, 0.15) is 5.69 Å². The zero-order chi connectivity index (χ0) is 19.9. The highest BCUT2D eigenvalue weighted by Gasteiger charge is 2.24. The third kappa shape index (κ3) is 5.03. The van der Waals surface area contributed by atoms with Crippen molar-refractivity contribution in [1.82, 2.24) is 25.7 Å². The van der Waals surface area contributed by atoms with Gasteiger partial charge in [0.15, 0.2) is 0 Å². The van der Waals surface area contributed by atoms with Crippen LogP contribution >= 0.6 is 0 Å². The lowest BCUT2D eigenvalue weighted by molar-refractivity contribution is -0.131. The van der Waals surface area contributed by atoms with Crippen LogP contribution in [0.5, 0.6) is 0 Å². The van der Waals surface area contributed by atoms with Gasteiger partial charge in [0, 0.05) is 30.8 Å². The van der Waals surface area contributed by atoms with Crippen molar-refractivity contribution in [3.63, 3.8) is 0 Å². The summed E-state index contributed by atoms with van der Waals surface area (Å²) in [5.74, 6) is -0.808. The minimum atomic E-state index is -0.372. The SMILES string of the molecule is O=C(NCC(=O)N1CCC(NC(=O)c2ccc(=O)[nH]n2)CC1)c1ccccc1. The Morgan fingerprint density at radius 1 is 1.04 bits per heavy atom. The van der Waals surface area contributed by atoms with Crippen LogP contribution in [0.1, 0.15) is 33.7 Å². The van der Waals surface area contributed by atoms with Crippen molar-refractivity contribution in [3.8, 4) is 0 Å². The molecule has 0 atom stereocenters. The van der Waals surface area contributed by atoms with Crippen LogP contribution in [0, 0.1) is 0 Å². The standard InChI is InChI=1S/C19H21N5O4/c25-16-7-6-15(22-23-16)19(28)21-14-8-10-24(11-9-14)17(26)12-20-18(27)13-4-2-1-3-5-13/h1-7,14H,8-12H2,(H,20,27)(H,21,28)(H,23,25). The van der Waals surface area contributed by atoms with Crippen molar-refractivity contribution in [2.24, 2.45) is 0 Å². The summed E-state index contributed by atoms with van der Waals surface area (Å²) in [6.07, 6.45) is 1.21. The number of hydrogen-bond donors (Lipinski definition) is 3. The first kappa shape index (κ1) is 19.3. The third-order valence-corrected chi connectivity index (χ3v) is 4.53. The van der Waals surface area contributed by atoms with E-state index in [1.165, 1.54) is 12.1 Å². The second kappa shape index (κ2) is 8.94. The van der Waals surface area contributed by atoms with Crippen LogP contribution in [0.4, 0.5) is 0 Å². The molecule has 1 fully saturated rings. The predicted octanol–water partition coefficient (Wildman–Crippen LogP) is -0.0793. The highest BCUT2D eigenvalue weighted by Crippen LogP contribution is 2.11. The number of piperidine rings is 1. The van der Waals surface area contributed by atoms with Gasteiger partial charge in [0.05, 0.1) is 6.54 Å². The molecule has 0 bridgehead atoms. The number of hydrogen-bond acceptors (Lipinski definition) is 5. The molecule has 2 aromatic rings. The molecule has 1 aliphatic rings. The van der Waals surface area contributed by atoms with E-state index < -0.39 is 0 Å². The molecule has 3 N–H and O–H groups in total. The molecule has 1 aliphatic heterocycles. The summed E-state index contributed by atoms with van der Waals surface area (Å²) in [7, 11) is 0. The fourth-order valence-corrected chi connectivity index (χ4v) is 2.96. The molecular weight excluding hydrogens is 362 g/mol. The summed E-state index contributed by atoms with van der Waals surface area (Å²) in [4.78, 5) is 49.1. The Labute approximate surface area is 161 Å². The summed E-state index contributed by atoms with van der Waals surface area (Å²) in [6, 6.07) is 11.2. The Hall–Kier alpha value is -3.49. The van der Waals surface area contributed by atoms with E-state index in [9.17, 15) is 19.2 Å². The first-order valence-electron chi connectivity index (χ1n) is 9.00. The molecule has 0 spiro atoms. The average Bonchev–Trinajstić information content (AvgIpc) is 2.73. The zero-order valence-corrected chi connectivity index (χ0v) is 15.2. The number of nitrogens with one attached hydrogen (secondary N) is 3. The van der Waals surface area contributed by atoms with Gasteiger partial charge in [-0.3, -0.25) is 19.2 Å². The third-order valence-electron chi connectivity index (χ3n) is 4.53. The number of benzene rings is 1. The van der Waals surface area contributed by atoms with Crippen molar-refractivity contribution in [2.45, 2.75) is 18.9 Å². The number of aromatic nitrogens is 2. The zero-order valence-electron chi connectivity index (χ0n) is 15.2. The van der Waals surface area contributed by atoms with E-state index in [1.807, 2.05) is 6.07 Å². The van der Waals surface area contributed by atoms with Crippen LogP contribution in [-0.4, -0.2) is 58.5 Å². The van der Waals surface area contributed by atoms with E-state index in [2.05, 4.69) is 20.8 Å². The van der Waals surface area contributed by atoms with Crippen molar-refractivity contribution >= 4 is 17.7 Å². The molecule has 9 nitrogen and oxygen atoms in total. The Morgan fingerprint density at radius 3 is 2.39 bits per heavy atom. The molecule has 3 rings (SSSR count). The predicted molar refractivity (Wildman–Crippen MR) is 101 cm³/mol. The number of rotatable bonds is 5. The molecule has 1 aromatic carbocycles. The monoisotopic (exact) mass is 383 g/mol. The second-order valence-electron chi connectivity index (χ2n) is 6.48. The van der Waals surface area contributed by atoms with Gasteiger partial charge in [0.2, 0.25) is 5.91 Å². The van der Waals surface area contributed by atoms with E-state index in [1.54, 1.807) is 29.2 Å². The molecule has 9 heteroatoms. The van der Waals surface area contributed by atoms with Crippen molar-refractivity contribution in [3.05, 3.63) is 64.1 Å². The summed E-state index contributed by atoms with van der Waals surface area (Å²) >= 11 is 0. The highest BCUT2D eigenvalue weighted by molar-refractivity contribution is 5.96. The van der Waals surface area contributed by atoms with Crippen molar-refractivity contribution < 1.29 is 14.4 Å². The van der Waals surface area contributed by atoms with Crippen LogP contribution in [0.3, 0.4) is 0 Å². The number of aromatic amines is 1. The quantitative estimate of drug-likeness (QED) is 0.666. The Bertz CT molecular complexity index is 884. The Balaban J connectivity index is 1.42. The molecule has 0 aliphatic carbocycles. The lowest BCUT2D eigenvalue weighted by atomic mass is 10.0. The fraction of sp³-hybridized carbons (Fsp3) is 0.316. The number of carbonyl (C=O) groups excluding carboxylic acids is 3. The van der Waals surface area contributed by atoms with Crippen molar-refractivity contribution in [2.75, 3.05) is 19.6 Å². The van der Waals surface area contributed by atoms with Crippen LogP contribution in [0.25, 0.3) is 0 Å². The summed E-state index contributed by atoms with van der Waals surface area (Å²) < 4.78 is 0. The molecule has 1 saturated heterocycles. The molecule has 146 valence electrons. The molecular formula is C19H21N5O4. The van der Waals surface area contributed by atoms with E-state index in [0.29, 0.717) is 31.5 Å². The molecule has 1 aromatic heterocycles. The molecule has 28 heavy (non-hydrogen) atoms. The van der Waals surface area contributed by atoms with E-state index >= 15 is 0 Å². The van der Waals surface area contributed by atoms with Gasteiger partial charge in [-0.2, -0.15) is 5.10 Å². The number of H-pyrrole nitrogens is 1. The topological polar surface area (TPSA) is 124 Å². The summed E-state index contributed by atoms with van der Waals surface area (Å²) in [6.45, 7) is 0.917. The molecule has 0 unspecified atom stereocenters. The van der Waals surface area contributed by atoms with Crippen LogP contribution in [-0.2, 0) is 4.79 Å². The molecule has 0 radical (unpaired) electrons. The maximum Gasteiger partial charge on any atom is 0.271 e. The van der Waals surface area contributed by atoms with E-state index in [4.69, 9.17) is 0 Å². The van der Waals surface area contributed by atoms with E-state index in [-0.39, 0.29) is 41.6 Å². The van der Waals surface area contributed by atoms with Gasteiger partial charge in [0.25, 0.3) is 17.4 Å². The highest BCUT2D eigenvalue weighted by atomic mass is 16.2. The normalized spacial score (nSPS) is 14.4. The van der Waals surface area contributed by atoms with Crippen molar-refractivity contribution in [1.29, 1.82) is 0 Å². The maximum absolute atomic E-state index is 12.3. The molecule has 3 amide bonds. The lowest BCUT2D eigenvalue weighted by Crippen LogP contribution is -2.49. The van der Waals surface area contributed by atoms with E-state index in [0.717, 1.165) is 0 Å². The number of likely N-dealkylation sites (tertiary alicyclic amines) is 1. The first-order valence-corrected chi connectivity index (χ1v) is 9.00. The average molecular weight is 383 g/mol. The van der Waals surface area contributed by atoms with Gasteiger partial charge in [-0.15, -0.1) is 0 Å². The van der Waals surface area contributed by atoms with Gasteiger partial charge in [-0.25, -0.2) is 5.10 Å². The smallest absolute Gasteiger partial charge is 0.271 e. The van der Waals surface area contributed by atoms with Crippen LogP contribution in [0.15, 0.2) is 47.3 Å².